The largest absolute Gasteiger partial charge is 0.330 e. The molecule has 148 valence electrons. The third-order valence-electron chi connectivity index (χ3n) is 6.00. The van der Waals surface area contributed by atoms with Gasteiger partial charge in [-0.25, -0.2) is 14.8 Å². The monoisotopic (exact) mass is 399 g/mol. The Balaban J connectivity index is 1.82. The van der Waals surface area contributed by atoms with Crippen molar-refractivity contribution in [2.45, 2.75) is 57.5 Å². The fourth-order valence-corrected chi connectivity index (χ4v) is 5.58. The summed E-state index contributed by atoms with van der Waals surface area (Å²) in [4.78, 5) is 36.8. The van der Waals surface area contributed by atoms with E-state index >= 15 is 0 Å². The van der Waals surface area contributed by atoms with Gasteiger partial charge in [-0.3, -0.25) is 14.3 Å². The Morgan fingerprint density at radius 1 is 1.29 bits per heavy atom. The minimum absolute atomic E-state index is 0.197. The van der Waals surface area contributed by atoms with E-state index in [0.29, 0.717) is 34.3 Å². The zero-order chi connectivity index (χ0) is 19.8. The summed E-state index contributed by atoms with van der Waals surface area (Å²) in [6.45, 7) is 4.51. The maximum Gasteiger partial charge on any atom is 0.330 e. The summed E-state index contributed by atoms with van der Waals surface area (Å²) >= 11 is 1.24. The van der Waals surface area contributed by atoms with E-state index in [-0.39, 0.29) is 11.7 Å². The smallest absolute Gasteiger partial charge is 0.277 e. The van der Waals surface area contributed by atoms with Crippen LogP contribution in [-0.2, 0) is 13.0 Å². The van der Waals surface area contributed by atoms with E-state index in [4.69, 9.17) is 10.2 Å². The number of nitrogens with zero attached hydrogens (tertiary/aromatic N) is 4. The first-order valence-electron chi connectivity index (χ1n) is 9.99. The first-order chi connectivity index (χ1) is 13.5. The van der Waals surface area contributed by atoms with Gasteiger partial charge in [-0.05, 0) is 42.9 Å². The molecule has 2 aliphatic carbocycles. The van der Waals surface area contributed by atoms with E-state index in [0.717, 1.165) is 18.3 Å². The van der Waals surface area contributed by atoms with Gasteiger partial charge in [-0.2, -0.15) is 5.26 Å². The van der Waals surface area contributed by atoms with Crippen molar-refractivity contribution in [2.75, 3.05) is 5.75 Å². The number of hydrogen-bond donors (Lipinski definition) is 1. The second kappa shape index (κ2) is 7.70. The van der Waals surface area contributed by atoms with Crippen LogP contribution in [0.2, 0.25) is 0 Å². The van der Waals surface area contributed by atoms with Crippen LogP contribution in [-0.4, -0.2) is 25.3 Å². The van der Waals surface area contributed by atoms with Crippen molar-refractivity contribution in [2.24, 2.45) is 23.7 Å². The van der Waals surface area contributed by atoms with Gasteiger partial charge in [-0.1, -0.05) is 32.0 Å². The molecule has 0 aromatic carbocycles. The minimum atomic E-state index is -0.480. The van der Waals surface area contributed by atoms with Crippen LogP contribution < -0.4 is 11.2 Å². The van der Waals surface area contributed by atoms with Crippen LogP contribution in [0.1, 0.15) is 45.4 Å². The molecule has 8 heteroatoms. The van der Waals surface area contributed by atoms with Crippen molar-refractivity contribution in [1.29, 1.82) is 5.26 Å². The normalized spacial score (nSPS) is 23.6. The Kier molecular flexibility index (Phi) is 5.28. The van der Waals surface area contributed by atoms with E-state index < -0.39 is 11.2 Å². The molecule has 7 nitrogen and oxygen atoms in total. The molecule has 1 N–H and O–H groups in total. The molecule has 2 saturated carbocycles. The summed E-state index contributed by atoms with van der Waals surface area (Å²) in [6, 6.07) is 2.09. The molecule has 2 aromatic rings. The molecule has 2 fully saturated rings. The van der Waals surface area contributed by atoms with Crippen molar-refractivity contribution >= 4 is 22.8 Å². The van der Waals surface area contributed by atoms with Crippen LogP contribution in [0.4, 0.5) is 0 Å². The predicted molar refractivity (Wildman–Crippen MR) is 108 cm³/mol. The van der Waals surface area contributed by atoms with Gasteiger partial charge < -0.3 is 0 Å². The number of nitriles is 1. The summed E-state index contributed by atoms with van der Waals surface area (Å²) < 4.78 is 1.55. The summed E-state index contributed by atoms with van der Waals surface area (Å²) in [7, 11) is 0. The van der Waals surface area contributed by atoms with Crippen LogP contribution in [0.15, 0.2) is 14.6 Å². The van der Waals surface area contributed by atoms with Crippen LogP contribution in [0.5, 0.6) is 0 Å². The van der Waals surface area contributed by atoms with Crippen LogP contribution in [0.3, 0.4) is 0 Å². The highest BCUT2D eigenvalue weighted by Gasteiger charge is 2.39. The summed E-state index contributed by atoms with van der Waals surface area (Å²) in [5.74, 6) is 3.28. The molecule has 2 heterocycles. The third kappa shape index (κ3) is 3.60. The van der Waals surface area contributed by atoms with Crippen molar-refractivity contribution in [1.82, 2.24) is 19.5 Å². The number of aromatic nitrogens is 4. The molecule has 4 rings (SSSR count). The molecular formula is C20H25N5O2S. The summed E-state index contributed by atoms with van der Waals surface area (Å²) in [5, 5.41) is 9.82. The number of H-pyrrole nitrogens is 1. The lowest BCUT2D eigenvalue weighted by Gasteiger charge is -2.21. The number of nitrogens with one attached hydrogen (secondary N) is 1. The SMILES string of the molecule is CC(C)Cn1c(=O)[nH]c(=O)c2c(SCC#N)nc(C[C@H]3C[C@H]4CC[C@H]3C4)nc21. The molecule has 0 spiro atoms. The van der Waals surface area contributed by atoms with Crippen molar-refractivity contribution in [3.8, 4) is 6.07 Å². The molecule has 28 heavy (non-hydrogen) atoms. The average Bonchev–Trinajstić information content (AvgIpc) is 3.25. The van der Waals surface area contributed by atoms with Crippen molar-refractivity contribution < 1.29 is 0 Å². The Labute approximate surface area is 167 Å². The van der Waals surface area contributed by atoms with E-state index in [1.807, 2.05) is 13.8 Å². The lowest BCUT2D eigenvalue weighted by Crippen LogP contribution is -2.33. The quantitative estimate of drug-likeness (QED) is 0.591. The van der Waals surface area contributed by atoms with Gasteiger partial charge in [0.15, 0.2) is 5.65 Å². The number of aromatic amines is 1. The number of thioether (sulfide) groups is 1. The van der Waals surface area contributed by atoms with Gasteiger partial charge in [0.1, 0.15) is 16.2 Å². The van der Waals surface area contributed by atoms with Gasteiger partial charge in [0.2, 0.25) is 0 Å². The fourth-order valence-electron chi connectivity index (χ4n) is 4.88. The Bertz CT molecular complexity index is 1050. The fraction of sp³-hybridized carbons (Fsp3) is 0.650. The van der Waals surface area contributed by atoms with Gasteiger partial charge >= 0.3 is 5.69 Å². The maximum absolute atomic E-state index is 12.5. The number of fused-ring (bicyclic) bond motifs is 3. The highest BCUT2D eigenvalue weighted by Crippen LogP contribution is 2.49. The van der Waals surface area contributed by atoms with E-state index in [1.165, 1.54) is 37.4 Å². The van der Waals surface area contributed by atoms with E-state index in [2.05, 4.69) is 16.0 Å². The lowest BCUT2D eigenvalue weighted by atomic mass is 9.86. The first kappa shape index (κ1) is 19.2. The number of rotatable bonds is 6. The molecule has 3 atom stereocenters. The minimum Gasteiger partial charge on any atom is -0.277 e. The van der Waals surface area contributed by atoms with Gasteiger partial charge in [0, 0.05) is 13.0 Å². The molecule has 0 radical (unpaired) electrons. The van der Waals surface area contributed by atoms with Gasteiger partial charge in [0.25, 0.3) is 5.56 Å². The Hall–Kier alpha value is -2.14. The highest BCUT2D eigenvalue weighted by molar-refractivity contribution is 7.99. The number of hydrogen-bond acceptors (Lipinski definition) is 6. The predicted octanol–water partition coefficient (Wildman–Crippen LogP) is 2.73. The summed E-state index contributed by atoms with van der Waals surface area (Å²) in [6.07, 6.45) is 5.94. The molecule has 0 unspecified atom stereocenters. The molecule has 0 amide bonds. The Morgan fingerprint density at radius 3 is 2.75 bits per heavy atom. The van der Waals surface area contributed by atoms with Gasteiger partial charge in [-0.15, -0.1) is 0 Å². The van der Waals surface area contributed by atoms with Gasteiger partial charge in [0.05, 0.1) is 11.8 Å². The second-order valence-corrected chi connectivity index (χ2v) is 9.46. The molecule has 0 saturated heterocycles. The molecule has 2 bridgehead atoms. The zero-order valence-electron chi connectivity index (χ0n) is 16.3. The second-order valence-electron chi connectivity index (χ2n) is 8.49. The standard InChI is InChI=1S/C20H25N5O2S/c1-11(2)10-25-17-16(18(26)24-20(25)27)19(28-6-5-21)23-15(22-17)9-14-8-12-3-4-13(14)7-12/h11-14H,3-4,6-10H2,1-2H3,(H,24,26,27)/t12-,13-,14+/m0/s1. The van der Waals surface area contributed by atoms with Crippen LogP contribution in [0, 0.1) is 35.0 Å². The summed E-state index contributed by atoms with van der Waals surface area (Å²) in [5.41, 5.74) is -0.519. The van der Waals surface area contributed by atoms with Crippen molar-refractivity contribution in [3.05, 3.63) is 26.7 Å². The molecule has 0 aliphatic heterocycles. The van der Waals surface area contributed by atoms with E-state index in [1.54, 1.807) is 4.57 Å². The maximum atomic E-state index is 12.5. The first-order valence-corrected chi connectivity index (χ1v) is 11.0. The average molecular weight is 400 g/mol. The van der Waals surface area contributed by atoms with Crippen LogP contribution >= 0.6 is 11.8 Å². The third-order valence-corrected chi connectivity index (χ3v) is 6.84. The topological polar surface area (TPSA) is 104 Å². The van der Waals surface area contributed by atoms with E-state index in [9.17, 15) is 9.59 Å². The molecule has 2 aromatic heterocycles. The molecule has 2 aliphatic rings. The lowest BCUT2D eigenvalue weighted by molar-refractivity contribution is 0.326. The molecular weight excluding hydrogens is 374 g/mol. The zero-order valence-corrected chi connectivity index (χ0v) is 17.1. The van der Waals surface area contributed by atoms with Crippen LogP contribution in [0.25, 0.3) is 11.0 Å². The van der Waals surface area contributed by atoms with Crippen molar-refractivity contribution in [3.63, 3.8) is 0 Å². The Morgan fingerprint density at radius 2 is 2.11 bits per heavy atom. The highest BCUT2D eigenvalue weighted by atomic mass is 32.2.